The van der Waals surface area contributed by atoms with Crippen LogP contribution >= 0.6 is 0 Å². The van der Waals surface area contributed by atoms with Crippen LogP contribution in [0.4, 0.5) is 0 Å². The molecule has 0 atom stereocenters. The zero-order valence-electron chi connectivity index (χ0n) is 18.3. The van der Waals surface area contributed by atoms with Gasteiger partial charge in [0.15, 0.2) is 0 Å². The molecule has 0 fully saturated rings. The van der Waals surface area contributed by atoms with Crippen molar-refractivity contribution in [2.24, 2.45) is 0 Å². The third-order valence-electron chi connectivity index (χ3n) is 4.01. The molecule has 0 spiro atoms. The molecule has 1 N–H and O–H groups in total. The van der Waals surface area contributed by atoms with Crippen LogP contribution in [-0.2, 0) is 35.0 Å². The highest BCUT2D eigenvalue weighted by molar-refractivity contribution is 5.14. The molecule has 0 aliphatic rings. The maximum atomic E-state index is 8.54. The second-order valence-electron chi connectivity index (χ2n) is 6.62. The van der Waals surface area contributed by atoms with Crippen LogP contribution in [0.3, 0.4) is 0 Å². The Kier molecular flexibility index (Phi) is 19.0. The molecule has 8 nitrogen and oxygen atoms in total. The second-order valence-corrected chi connectivity index (χ2v) is 6.62. The molecule has 30 heavy (non-hydrogen) atoms. The first-order valence-electron chi connectivity index (χ1n) is 10.6. The van der Waals surface area contributed by atoms with E-state index in [1.807, 2.05) is 6.07 Å². The van der Waals surface area contributed by atoms with E-state index in [0.29, 0.717) is 79.3 Å². The quantitative estimate of drug-likeness (QED) is 0.276. The van der Waals surface area contributed by atoms with E-state index in [1.165, 1.54) is 5.56 Å². The van der Waals surface area contributed by atoms with Crippen molar-refractivity contribution < 1.29 is 33.5 Å². The summed E-state index contributed by atoms with van der Waals surface area (Å²) in [7, 11) is 2.09. The molecule has 8 heteroatoms. The normalized spacial score (nSPS) is 11.4. The van der Waals surface area contributed by atoms with E-state index in [-0.39, 0.29) is 6.61 Å². The van der Waals surface area contributed by atoms with E-state index in [1.54, 1.807) is 0 Å². The fourth-order valence-corrected chi connectivity index (χ4v) is 2.46. The first-order chi connectivity index (χ1) is 14.8. The predicted octanol–water partition coefficient (Wildman–Crippen LogP) is 1.21. The van der Waals surface area contributed by atoms with Crippen LogP contribution in [0.2, 0.25) is 0 Å². The lowest BCUT2D eigenvalue weighted by molar-refractivity contribution is -0.0187. The minimum Gasteiger partial charge on any atom is -0.394 e. The van der Waals surface area contributed by atoms with Gasteiger partial charge in [-0.05, 0) is 12.6 Å². The fraction of sp³-hybridized carbons (Fsp3) is 0.727. The summed E-state index contributed by atoms with van der Waals surface area (Å²) in [6.07, 6.45) is 0. The van der Waals surface area contributed by atoms with Gasteiger partial charge in [0, 0.05) is 13.1 Å². The molecule has 0 aliphatic carbocycles. The maximum Gasteiger partial charge on any atom is 0.0701 e. The third-order valence-corrected chi connectivity index (χ3v) is 4.01. The first-order valence-corrected chi connectivity index (χ1v) is 10.6. The van der Waals surface area contributed by atoms with E-state index in [2.05, 4.69) is 36.2 Å². The van der Waals surface area contributed by atoms with Crippen LogP contribution in [0.5, 0.6) is 0 Å². The fourth-order valence-electron chi connectivity index (χ4n) is 2.46. The Labute approximate surface area is 181 Å². The zero-order valence-corrected chi connectivity index (χ0v) is 18.3. The number of likely N-dealkylation sites (N-methyl/N-ethyl adjacent to an activating group) is 1. The molecular weight excluding hydrogens is 390 g/mol. The topological polar surface area (TPSA) is 78.9 Å². The van der Waals surface area contributed by atoms with Gasteiger partial charge in [0.1, 0.15) is 0 Å². The minimum atomic E-state index is 0.0370. The number of ether oxygens (including phenoxy) is 6. The van der Waals surface area contributed by atoms with Gasteiger partial charge in [0.2, 0.25) is 0 Å². The highest BCUT2D eigenvalue weighted by atomic mass is 16.6. The van der Waals surface area contributed by atoms with E-state index < -0.39 is 0 Å². The van der Waals surface area contributed by atoms with Gasteiger partial charge in [-0.2, -0.15) is 0 Å². The molecular formula is C22H39NO7. The van der Waals surface area contributed by atoms with Crippen molar-refractivity contribution in [2.45, 2.75) is 6.54 Å². The molecule has 1 aromatic rings. The summed E-state index contributed by atoms with van der Waals surface area (Å²) in [5, 5.41) is 8.54. The summed E-state index contributed by atoms with van der Waals surface area (Å²) in [5.41, 5.74) is 1.31. The van der Waals surface area contributed by atoms with Crippen LogP contribution < -0.4 is 0 Å². The van der Waals surface area contributed by atoms with Crippen molar-refractivity contribution in [1.82, 2.24) is 4.90 Å². The van der Waals surface area contributed by atoms with Gasteiger partial charge in [0.05, 0.1) is 85.9 Å². The highest BCUT2D eigenvalue weighted by Gasteiger charge is 2.00. The molecule has 1 aromatic carbocycles. The number of aliphatic hydroxyl groups excluding tert-OH is 1. The molecule has 174 valence electrons. The molecule has 0 saturated carbocycles. The minimum absolute atomic E-state index is 0.0370. The second kappa shape index (κ2) is 21.1. The summed E-state index contributed by atoms with van der Waals surface area (Å²) in [4.78, 5) is 2.24. The number of hydrogen-bond acceptors (Lipinski definition) is 8. The van der Waals surface area contributed by atoms with E-state index in [0.717, 1.165) is 13.1 Å². The van der Waals surface area contributed by atoms with E-state index in [9.17, 15) is 0 Å². The highest BCUT2D eigenvalue weighted by Crippen LogP contribution is 2.01. The summed E-state index contributed by atoms with van der Waals surface area (Å²) in [6.45, 7) is 8.25. The molecule has 0 heterocycles. The largest absolute Gasteiger partial charge is 0.394 e. The average Bonchev–Trinajstić information content (AvgIpc) is 2.76. The van der Waals surface area contributed by atoms with E-state index in [4.69, 9.17) is 33.5 Å². The molecule has 0 aliphatic heterocycles. The average molecular weight is 430 g/mol. The molecule has 0 unspecified atom stereocenters. The number of rotatable bonds is 22. The summed E-state index contributed by atoms with van der Waals surface area (Å²) in [6, 6.07) is 10.4. The lowest BCUT2D eigenvalue weighted by Crippen LogP contribution is -2.23. The van der Waals surface area contributed by atoms with Gasteiger partial charge in [0.25, 0.3) is 0 Å². The smallest absolute Gasteiger partial charge is 0.0701 e. The van der Waals surface area contributed by atoms with Crippen molar-refractivity contribution in [3.8, 4) is 0 Å². The molecule has 0 radical (unpaired) electrons. The molecule has 1 rings (SSSR count). The van der Waals surface area contributed by atoms with Crippen LogP contribution in [0, 0.1) is 0 Å². The SMILES string of the molecule is CN(CCOCCOCCOCCOCCOCCOCCO)Cc1ccccc1. The predicted molar refractivity (Wildman–Crippen MR) is 115 cm³/mol. The Bertz CT molecular complexity index is 464. The van der Waals surface area contributed by atoms with Gasteiger partial charge >= 0.3 is 0 Å². The maximum absolute atomic E-state index is 8.54. The van der Waals surface area contributed by atoms with Crippen LogP contribution in [0.1, 0.15) is 5.56 Å². The molecule has 0 aromatic heterocycles. The molecule has 0 saturated heterocycles. The summed E-state index contributed by atoms with van der Waals surface area (Å²) < 4.78 is 32.3. The number of nitrogens with zero attached hydrogens (tertiary/aromatic N) is 1. The van der Waals surface area contributed by atoms with Gasteiger partial charge in [-0.3, -0.25) is 4.90 Å². The van der Waals surface area contributed by atoms with Crippen molar-refractivity contribution in [3.05, 3.63) is 35.9 Å². The Morgan fingerprint density at radius 1 is 0.600 bits per heavy atom. The Balaban J connectivity index is 1.72. The standard InChI is InChI=1S/C22H39NO7/c1-23(21-22-5-3-2-4-6-22)7-9-25-11-13-27-15-17-29-19-20-30-18-16-28-14-12-26-10-8-24/h2-6,24H,7-21H2,1H3. The Morgan fingerprint density at radius 3 is 1.43 bits per heavy atom. The number of hydrogen-bond donors (Lipinski definition) is 1. The summed E-state index contributed by atoms with van der Waals surface area (Å²) >= 11 is 0. The van der Waals surface area contributed by atoms with Crippen molar-refractivity contribution in [2.75, 3.05) is 99.5 Å². The first kappa shape index (κ1) is 26.9. The third kappa shape index (κ3) is 17.7. The number of benzene rings is 1. The molecule has 0 amide bonds. The van der Waals surface area contributed by atoms with Gasteiger partial charge < -0.3 is 33.5 Å². The molecule has 0 bridgehead atoms. The van der Waals surface area contributed by atoms with Crippen molar-refractivity contribution in [1.29, 1.82) is 0 Å². The van der Waals surface area contributed by atoms with Gasteiger partial charge in [-0.25, -0.2) is 0 Å². The van der Waals surface area contributed by atoms with Crippen LogP contribution in [0.25, 0.3) is 0 Å². The Morgan fingerprint density at radius 2 is 1.00 bits per heavy atom. The summed E-state index contributed by atoms with van der Waals surface area (Å²) in [5.74, 6) is 0. The van der Waals surface area contributed by atoms with Crippen molar-refractivity contribution in [3.63, 3.8) is 0 Å². The lowest BCUT2D eigenvalue weighted by Gasteiger charge is -2.16. The van der Waals surface area contributed by atoms with Gasteiger partial charge in [-0.1, -0.05) is 30.3 Å². The Hall–Kier alpha value is -1.10. The van der Waals surface area contributed by atoms with Crippen LogP contribution in [-0.4, -0.2) is 109 Å². The van der Waals surface area contributed by atoms with Crippen LogP contribution in [0.15, 0.2) is 30.3 Å². The number of aliphatic hydroxyl groups is 1. The lowest BCUT2D eigenvalue weighted by atomic mass is 10.2. The van der Waals surface area contributed by atoms with Crippen molar-refractivity contribution >= 4 is 0 Å². The van der Waals surface area contributed by atoms with Gasteiger partial charge in [-0.15, -0.1) is 0 Å². The monoisotopic (exact) mass is 429 g/mol. The van der Waals surface area contributed by atoms with E-state index >= 15 is 0 Å². The zero-order chi connectivity index (χ0) is 21.5.